The van der Waals surface area contributed by atoms with Gasteiger partial charge in [-0.05, 0) is 18.0 Å². The molecule has 2 heterocycles. The number of piperazine rings is 1. The number of sulfonamides is 1. The van der Waals surface area contributed by atoms with Gasteiger partial charge < -0.3 is 10.0 Å². The summed E-state index contributed by atoms with van der Waals surface area (Å²) in [5.41, 5.74) is 0. The van der Waals surface area contributed by atoms with Crippen molar-refractivity contribution in [1.29, 1.82) is 0 Å². The average molecular weight is 290 g/mol. The summed E-state index contributed by atoms with van der Waals surface area (Å²) in [6.07, 6.45) is 0. The van der Waals surface area contributed by atoms with Crippen molar-refractivity contribution < 1.29 is 13.5 Å². The second kappa shape index (κ2) is 5.66. The standard InChI is InChI=1S/C11H18N2O3S2/c1-2-12-4-6-13(7-5-12)18(15,16)11-3-8-17-10(11)9-14/h3,8,14H,2,4-7,9H2,1H3. The molecule has 0 radical (unpaired) electrons. The van der Waals surface area contributed by atoms with E-state index in [-0.39, 0.29) is 11.5 Å². The number of rotatable bonds is 4. The Balaban J connectivity index is 2.17. The predicted octanol–water partition coefficient (Wildman–Crippen LogP) is 0.567. The van der Waals surface area contributed by atoms with Crippen LogP contribution in [0.4, 0.5) is 0 Å². The summed E-state index contributed by atoms with van der Waals surface area (Å²) in [5, 5.41) is 10.9. The Morgan fingerprint density at radius 2 is 2.00 bits per heavy atom. The maximum Gasteiger partial charge on any atom is 0.244 e. The third-order valence-corrected chi connectivity index (χ3v) is 6.26. The molecule has 1 N–H and O–H groups in total. The molecule has 0 aromatic carbocycles. The van der Waals surface area contributed by atoms with Crippen LogP contribution in [0.25, 0.3) is 0 Å². The minimum Gasteiger partial charge on any atom is -0.391 e. The van der Waals surface area contributed by atoms with Crippen molar-refractivity contribution in [2.45, 2.75) is 18.4 Å². The molecule has 18 heavy (non-hydrogen) atoms. The largest absolute Gasteiger partial charge is 0.391 e. The number of hydrogen-bond acceptors (Lipinski definition) is 5. The van der Waals surface area contributed by atoms with Gasteiger partial charge in [0.1, 0.15) is 0 Å². The lowest BCUT2D eigenvalue weighted by Crippen LogP contribution is -2.48. The summed E-state index contributed by atoms with van der Waals surface area (Å²) in [7, 11) is -3.44. The van der Waals surface area contributed by atoms with Crippen LogP contribution in [0.2, 0.25) is 0 Å². The van der Waals surface area contributed by atoms with Gasteiger partial charge in [0.2, 0.25) is 10.0 Å². The van der Waals surface area contributed by atoms with Crippen LogP contribution in [0.15, 0.2) is 16.3 Å². The van der Waals surface area contributed by atoms with Gasteiger partial charge in [0.25, 0.3) is 0 Å². The first kappa shape index (κ1) is 14.0. The molecule has 102 valence electrons. The maximum absolute atomic E-state index is 12.4. The van der Waals surface area contributed by atoms with Crippen LogP contribution in [0.5, 0.6) is 0 Å². The Morgan fingerprint density at radius 1 is 1.33 bits per heavy atom. The van der Waals surface area contributed by atoms with Crippen LogP contribution in [0, 0.1) is 0 Å². The number of hydrogen-bond donors (Lipinski definition) is 1. The van der Waals surface area contributed by atoms with Crippen LogP contribution in [0.3, 0.4) is 0 Å². The summed E-state index contributed by atoms with van der Waals surface area (Å²) in [6.45, 7) is 5.40. The quantitative estimate of drug-likeness (QED) is 0.880. The van der Waals surface area contributed by atoms with Crippen LogP contribution < -0.4 is 0 Å². The SMILES string of the molecule is CCN1CCN(S(=O)(=O)c2ccsc2CO)CC1. The van der Waals surface area contributed by atoms with Crippen LogP contribution in [-0.4, -0.2) is 55.5 Å². The Bertz CT molecular complexity index is 490. The van der Waals surface area contributed by atoms with Crippen molar-refractivity contribution in [1.82, 2.24) is 9.21 Å². The van der Waals surface area contributed by atoms with Crippen molar-refractivity contribution in [3.8, 4) is 0 Å². The van der Waals surface area contributed by atoms with Crippen LogP contribution in [0.1, 0.15) is 11.8 Å². The fourth-order valence-electron chi connectivity index (χ4n) is 2.10. The van der Waals surface area contributed by atoms with Crippen molar-refractivity contribution in [3.05, 3.63) is 16.3 Å². The number of likely N-dealkylation sites (N-methyl/N-ethyl adjacent to an activating group) is 1. The van der Waals surface area contributed by atoms with E-state index < -0.39 is 10.0 Å². The van der Waals surface area contributed by atoms with Gasteiger partial charge in [-0.3, -0.25) is 0 Å². The van der Waals surface area contributed by atoms with Gasteiger partial charge in [-0.1, -0.05) is 6.92 Å². The first-order valence-electron chi connectivity index (χ1n) is 5.99. The molecule has 0 spiro atoms. The van der Waals surface area contributed by atoms with Gasteiger partial charge in [-0.2, -0.15) is 4.31 Å². The van der Waals surface area contributed by atoms with Gasteiger partial charge in [-0.15, -0.1) is 11.3 Å². The van der Waals surface area contributed by atoms with Crippen molar-refractivity contribution in [3.63, 3.8) is 0 Å². The van der Waals surface area contributed by atoms with E-state index >= 15 is 0 Å². The fourth-order valence-corrected chi connectivity index (χ4v) is 4.79. The molecule has 0 aliphatic carbocycles. The summed E-state index contributed by atoms with van der Waals surface area (Å²) in [4.78, 5) is 3.01. The summed E-state index contributed by atoms with van der Waals surface area (Å²) in [6, 6.07) is 1.58. The van der Waals surface area contributed by atoms with Gasteiger partial charge in [0.15, 0.2) is 0 Å². The molecular formula is C11H18N2O3S2. The highest BCUT2D eigenvalue weighted by atomic mass is 32.2. The van der Waals surface area contributed by atoms with E-state index in [4.69, 9.17) is 5.11 Å². The molecule has 1 aromatic rings. The van der Waals surface area contributed by atoms with Gasteiger partial charge in [0.05, 0.1) is 11.5 Å². The Morgan fingerprint density at radius 3 is 2.56 bits per heavy atom. The number of aliphatic hydroxyl groups excluding tert-OH is 1. The summed E-state index contributed by atoms with van der Waals surface area (Å²) in [5.74, 6) is 0. The molecule has 1 fully saturated rings. The van der Waals surface area contributed by atoms with E-state index in [9.17, 15) is 8.42 Å². The molecule has 0 amide bonds. The zero-order valence-electron chi connectivity index (χ0n) is 10.4. The van der Waals surface area contributed by atoms with Crippen molar-refractivity contribution in [2.75, 3.05) is 32.7 Å². The van der Waals surface area contributed by atoms with E-state index in [1.165, 1.54) is 15.6 Å². The molecule has 0 saturated carbocycles. The lowest BCUT2D eigenvalue weighted by atomic mass is 10.4. The predicted molar refractivity (Wildman–Crippen MR) is 71.1 cm³/mol. The van der Waals surface area contributed by atoms with Crippen molar-refractivity contribution in [2.24, 2.45) is 0 Å². The third kappa shape index (κ3) is 2.60. The molecule has 1 aliphatic heterocycles. The first-order chi connectivity index (χ1) is 8.59. The number of nitrogens with zero attached hydrogens (tertiary/aromatic N) is 2. The van der Waals surface area contributed by atoms with Crippen molar-refractivity contribution >= 4 is 21.4 Å². The van der Waals surface area contributed by atoms with Crippen LogP contribution >= 0.6 is 11.3 Å². The second-order valence-electron chi connectivity index (χ2n) is 4.20. The monoisotopic (exact) mass is 290 g/mol. The molecule has 1 saturated heterocycles. The average Bonchev–Trinajstić information content (AvgIpc) is 2.88. The Hall–Kier alpha value is -0.470. The highest BCUT2D eigenvalue weighted by Crippen LogP contribution is 2.25. The number of thiophene rings is 1. The molecule has 1 aliphatic rings. The molecule has 5 nitrogen and oxygen atoms in total. The fraction of sp³-hybridized carbons (Fsp3) is 0.636. The zero-order valence-corrected chi connectivity index (χ0v) is 12.0. The molecule has 0 unspecified atom stereocenters. The third-order valence-electron chi connectivity index (χ3n) is 3.24. The molecule has 2 rings (SSSR count). The summed E-state index contributed by atoms with van der Waals surface area (Å²) >= 11 is 1.28. The highest BCUT2D eigenvalue weighted by Gasteiger charge is 2.30. The maximum atomic E-state index is 12.4. The Kier molecular flexibility index (Phi) is 4.39. The molecule has 0 bridgehead atoms. The van der Waals surface area contributed by atoms with E-state index in [1.54, 1.807) is 11.4 Å². The first-order valence-corrected chi connectivity index (χ1v) is 8.31. The minimum absolute atomic E-state index is 0.221. The normalized spacial score (nSPS) is 19.2. The van der Waals surface area contributed by atoms with Gasteiger partial charge >= 0.3 is 0 Å². The molecule has 1 aromatic heterocycles. The smallest absolute Gasteiger partial charge is 0.244 e. The minimum atomic E-state index is -3.44. The lowest BCUT2D eigenvalue weighted by molar-refractivity contribution is 0.196. The van der Waals surface area contributed by atoms with E-state index in [2.05, 4.69) is 11.8 Å². The zero-order chi connectivity index (χ0) is 13.2. The molecule has 0 atom stereocenters. The highest BCUT2D eigenvalue weighted by molar-refractivity contribution is 7.89. The molecular weight excluding hydrogens is 272 g/mol. The topological polar surface area (TPSA) is 60.9 Å². The summed E-state index contributed by atoms with van der Waals surface area (Å²) < 4.78 is 26.4. The van der Waals surface area contributed by atoms with Gasteiger partial charge in [0, 0.05) is 31.1 Å². The van der Waals surface area contributed by atoms with E-state index in [1.807, 2.05) is 0 Å². The Labute approximate surface area is 112 Å². The van der Waals surface area contributed by atoms with Gasteiger partial charge in [-0.25, -0.2) is 8.42 Å². The molecule has 7 heteroatoms. The second-order valence-corrected chi connectivity index (χ2v) is 7.11. The van der Waals surface area contributed by atoms with E-state index in [0.29, 0.717) is 18.0 Å². The van der Waals surface area contributed by atoms with E-state index in [0.717, 1.165) is 19.6 Å². The van der Waals surface area contributed by atoms with Crippen LogP contribution in [-0.2, 0) is 16.6 Å². The lowest BCUT2D eigenvalue weighted by Gasteiger charge is -2.33. The number of aliphatic hydroxyl groups is 1.